The summed E-state index contributed by atoms with van der Waals surface area (Å²) in [5.74, 6) is 0. The fourth-order valence-electron chi connectivity index (χ4n) is 3.48. The zero-order chi connectivity index (χ0) is 15.4. The highest BCUT2D eigenvalue weighted by molar-refractivity contribution is 6.06. The molecule has 3 nitrogen and oxygen atoms in total. The van der Waals surface area contributed by atoms with Crippen LogP contribution in [0.25, 0.3) is 39.0 Å². The van der Waals surface area contributed by atoms with E-state index in [2.05, 4.69) is 82.7 Å². The lowest BCUT2D eigenvalue weighted by Gasteiger charge is -2.07. The number of para-hydroxylation sites is 1. The third-order valence-electron chi connectivity index (χ3n) is 4.53. The maximum absolute atomic E-state index is 4.89. The first-order valence-corrected chi connectivity index (χ1v) is 7.74. The predicted octanol–water partition coefficient (Wildman–Crippen LogP) is 4.65. The summed E-state index contributed by atoms with van der Waals surface area (Å²) < 4.78 is 4.49. The molecule has 0 saturated carbocycles. The first-order chi connectivity index (χ1) is 11.3. The summed E-state index contributed by atoms with van der Waals surface area (Å²) in [5, 5.41) is 1.20. The van der Waals surface area contributed by atoms with Gasteiger partial charge in [0.1, 0.15) is 16.8 Å². The summed E-state index contributed by atoms with van der Waals surface area (Å²) in [6.07, 6.45) is 0. The second kappa shape index (κ2) is 4.46. The number of fused-ring (bicyclic) bond motifs is 5. The second-order valence-electron chi connectivity index (χ2n) is 5.83. The molecular formula is C20H15N3. The number of hydrogen-bond donors (Lipinski definition) is 0. The maximum Gasteiger partial charge on any atom is 0.146 e. The fraction of sp³-hybridized carbons (Fsp3) is 0.0500. The molecule has 0 bridgehead atoms. The van der Waals surface area contributed by atoms with Crippen LogP contribution < -0.4 is 0 Å². The number of imidazole rings is 1. The maximum atomic E-state index is 4.89. The number of aryl methyl sites for hydroxylation is 1. The molecule has 3 aromatic heterocycles. The molecule has 5 rings (SSSR count). The molecule has 0 aliphatic rings. The summed E-state index contributed by atoms with van der Waals surface area (Å²) in [7, 11) is 2.11. The number of hydrogen-bond acceptors (Lipinski definition) is 1. The van der Waals surface area contributed by atoms with Crippen LogP contribution in [-0.2, 0) is 7.05 Å². The molecule has 0 fully saturated rings. The zero-order valence-corrected chi connectivity index (χ0v) is 12.8. The van der Waals surface area contributed by atoms with E-state index in [0.717, 1.165) is 22.5 Å². The van der Waals surface area contributed by atoms with Gasteiger partial charge in [0.15, 0.2) is 0 Å². The molecule has 0 atom stereocenters. The normalized spacial score (nSPS) is 11.7. The molecule has 3 heterocycles. The van der Waals surface area contributed by atoms with E-state index in [1.807, 2.05) is 6.07 Å². The number of nitrogens with zero attached hydrogens (tertiary/aromatic N) is 3. The van der Waals surface area contributed by atoms with Crippen LogP contribution in [0.4, 0.5) is 0 Å². The van der Waals surface area contributed by atoms with Crippen LogP contribution in [-0.4, -0.2) is 14.0 Å². The van der Waals surface area contributed by atoms with E-state index in [4.69, 9.17) is 4.98 Å². The highest BCUT2D eigenvalue weighted by Gasteiger charge is 2.16. The van der Waals surface area contributed by atoms with Crippen molar-refractivity contribution in [2.24, 2.45) is 7.05 Å². The van der Waals surface area contributed by atoms with E-state index in [9.17, 15) is 0 Å². The summed E-state index contributed by atoms with van der Waals surface area (Å²) >= 11 is 0. The molecular weight excluding hydrogens is 282 g/mol. The van der Waals surface area contributed by atoms with E-state index >= 15 is 0 Å². The monoisotopic (exact) mass is 297 g/mol. The Balaban J connectivity index is 2.02. The van der Waals surface area contributed by atoms with Crippen molar-refractivity contribution >= 4 is 27.7 Å². The molecule has 110 valence electrons. The topological polar surface area (TPSA) is 22.2 Å². The van der Waals surface area contributed by atoms with Crippen molar-refractivity contribution in [3.05, 3.63) is 72.8 Å². The van der Waals surface area contributed by atoms with Gasteiger partial charge in [-0.2, -0.15) is 0 Å². The zero-order valence-electron chi connectivity index (χ0n) is 12.8. The summed E-state index contributed by atoms with van der Waals surface area (Å²) in [4.78, 5) is 4.89. The van der Waals surface area contributed by atoms with Crippen LogP contribution in [0.1, 0.15) is 0 Å². The second-order valence-corrected chi connectivity index (χ2v) is 5.83. The Morgan fingerprint density at radius 1 is 0.783 bits per heavy atom. The molecule has 0 unspecified atom stereocenters. The van der Waals surface area contributed by atoms with Crippen LogP contribution in [0, 0.1) is 0 Å². The number of rotatable bonds is 1. The van der Waals surface area contributed by atoms with Gasteiger partial charge in [-0.3, -0.25) is 4.40 Å². The molecule has 2 aromatic carbocycles. The number of aromatic nitrogens is 3. The lowest BCUT2D eigenvalue weighted by atomic mass is 10.1. The van der Waals surface area contributed by atoms with Gasteiger partial charge in [-0.1, -0.05) is 54.6 Å². The minimum atomic E-state index is 0.984. The van der Waals surface area contributed by atoms with Crippen LogP contribution in [0.3, 0.4) is 0 Å². The average Bonchev–Trinajstić information content (AvgIpc) is 3.12. The summed E-state index contributed by atoms with van der Waals surface area (Å²) in [5.41, 5.74) is 6.76. The van der Waals surface area contributed by atoms with Gasteiger partial charge >= 0.3 is 0 Å². The third-order valence-corrected chi connectivity index (χ3v) is 4.53. The lowest BCUT2D eigenvalue weighted by Crippen LogP contribution is -1.96. The minimum absolute atomic E-state index is 0.984. The van der Waals surface area contributed by atoms with Crippen molar-refractivity contribution < 1.29 is 0 Å². The van der Waals surface area contributed by atoms with Crippen molar-refractivity contribution in [1.29, 1.82) is 0 Å². The highest BCUT2D eigenvalue weighted by atomic mass is 15.1. The van der Waals surface area contributed by atoms with Crippen LogP contribution in [0.2, 0.25) is 0 Å². The lowest BCUT2D eigenvalue weighted by molar-refractivity contribution is 0.976. The van der Waals surface area contributed by atoms with Crippen LogP contribution >= 0.6 is 0 Å². The Morgan fingerprint density at radius 2 is 1.57 bits per heavy atom. The average molecular weight is 297 g/mol. The van der Waals surface area contributed by atoms with Crippen molar-refractivity contribution in [3.63, 3.8) is 0 Å². The highest BCUT2D eigenvalue weighted by Crippen LogP contribution is 2.31. The Bertz CT molecular complexity index is 1160. The first-order valence-electron chi connectivity index (χ1n) is 7.74. The molecule has 0 N–H and O–H groups in total. The molecule has 23 heavy (non-hydrogen) atoms. The Hall–Kier alpha value is -3.07. The molecule has 0 radical (unpaired) electrons. The molecule has 0 aliphatic heterocycles. The van der Waals surface area contributed by atoms with Crippen molar-refractivity contribution in [2.45, 2.75) is 0 Å². The number of benzene rings is 2. The van der Waals surface area contributed by atoms with E-state index in [0.29, 0.717) is 0 Å². The van der Waals surface area contributed by atoms with Crippen molar-refractivity contribution in [3.8, 4) is 11.3 Å². The Labute approximate surface area is 133 Å². The molecule has 3 heteroatoms. The number of pyridine rings is 1. The fourth-order valence-corrected chi connectivity index (χ4v) is 3.48. The molecule has 0 aliphatic carbocycles. The van der Waals surface area contributed by atoms with E-state index < -0.39 is 0 Å². The predicted molar refractivity (Wildman–Crippen MR) is 94.6 cm³/mol. The Morgan fingerprint density at radius 3 is 2.43 bits per heavy atom. The van der Waals surface area contributed by atoms with Gasteiger partial charge in [-0.05, 0) is 23.8 Å². The molecule has 5 aromatic rings. The molecule has 0 amide bonds. The largest absolute Gasteiger partial charge is 0.328 e. The van der Waals surface area contributed by atoms with Crippen LogP contribution in [0.15, 0.2) is 72.8 Å². The van der Waals surface area contributed by atoms with E-state index in [1.165, 1.54) is 16.5 Å². The van der Waals surface area contributed by atoms with Gasteiger partial charge in [0.2, 0.25) is 0 Å². The SMILES string of the molecule is Cn1c2ccccc2c2nc3cccc(-c4ccccc4)n3c21. The van der Waals surface area contributed by atoms with Gasteiger partial charge in [-0.15, -0.1) is 0 Å². The first kappa shape index (κ1) is 12.5. The van der Waals surface area contributed by atoms with Gasteiger partial charge in [0.05, 0.1) is 11.2 Å². The summed E-state index contributed by atoms with van der Waals surface area (Å²) in [6.45, 7) is 0. The quantitative estimate of drug-likeness (QED) is 0.441. The standard InChI is InChI=1S/C20H15N3/c1-22-17-11-6-5-10-15(17)19-20(22)23-16(12-7-13-18(23)21-19)14-8-3-2-4-9-14/h2-13H,1H3. The summed E-state index contributed by atoms with van der Waals surface area (Å²) in [6, 6.07) is 25.2. The minimum Gasteiger partial charge on any atom is -0.328 e. The third kappa shape index (κ3) is 1.62. The van der Waals surface area contributed by atoms with E-state index in [1.54, 1.807) is 0 Å². The van der Waals surface area contributed by atoms with Crippen molar-refractivity contribution in [1.82, 2.24) is 14.0 Å². The Kier molecular flexibility index (Phi) is 2.42. The van der Waals surface area contributed by atoms with Gasteiger partial charge in [0, 0.05) is 12.4 Å². The smallest absolute Gasteiger partial charge is 0.146 e. The van der Waals surface area contributed by atoms with Crippen LogP contribution in [0.5, 0.6) is 0 Å². The van der Waals surface area contributed by atoms with Crippen molar-refractivity contribution in [2.75, 3.05) is 0 Å². The van der Waals surface area contributed by atoms with E-state index in [-0.39, 0.29) is 0 Å². The van der Waals surface area contributed by atoms with Gasteiger partial charge < -0.3 is 4.57 Å². The van der Waals surface area contributed by atoms with Gasteiger partial charge in [-0.25, -0.2) is 4.98 Å². The molecule has 0 saturated heterocycles. The van der Waals surface area contributed by atoms with Gasteiger partial charge in [0.25, 0.3) is 0 Å². The molecule has 0 spiro atoms.